The zero-order valence-corrected chi connectivity index (χ0v) is 45.7. The molecule has 3 aromatic heterocycles. The molecule has 7 aliphatic rings. The molecule has 10 heterocycles. The van der Waals surface area contributed by atoms with Crippen molar-refractivity contribution < 1.29 is 52.3 Å². The molecule has 17 nitrogen and oxygen atoms in total. The maximum absolute atomic E-state index is 14.6. The molecular weight excluding hydrogens is 1040 g/mol. The number of ether oxygens (including phenoxy) is 7. The number of rotatable bonds is 6. The van der Waals surface area contributed by atoms with Crippen LogP contribution in [-0.4, -0.2) is 128 Å². The van der Waals surface area contributed by atoms with Crippen molar-refractivity contribution in [1.82, 2.24) is 30.2 Å². The maximum atomic E-state index is 14.6. The van der Waals surface area contributed by atoms with Crippen LogP contribution in [0.5, 0.6) is 11.5 Å². The van der Waals surface area contributed by atoms with Gasteiger partial charge >= 0.3 is 24.0 Å². The molecule has 4 aromatic carbocycles. The van der Waals surface area contributed by atoms with Crippen LogP contribution in [0.2, 0.25) is 0 Å². The topological polar surface area (TPSA) is 206 Å². The Morgan fingerprint density at radius 1 is 0.512 bits per heavy atom. The van der Waals surface area contributed by atoms with Crippen LogP contribution in [0, 0.1) is 5.92 Å². The highest BCUT2D eigenvalue weighted by molar-refractivity contribution is 6.02. The lowest BCUT2D eigenvalue weighted by Gasteiger charge is -2.23. The van der Waals surface area contributed by atoms with Crippen LogP contribution >= 0.6 is 0 Å². The van der Waals surface area contributed by atoms with Gasteiger partial charge in [0.15, 0.2) is 0 Å². The third kappa shape index (κ3) is 12.2. The molecule has 1 amide bonds. The first-order valence-corrected chi connectivity index (χ1v) is 27.8. The molecular formula is C65H62N6O11. The van der Waals surface area contributed by atoms with E-state index in [1.807, 2.05) is 109 Å². The number of nitrogens with zero attached hydrogens (tertiary/aromatic N) is 3. The molecule has 12 bridgehead atoms. The highest BCUT2D eigenvalue weighted by Crippen LogP contribution is 2.42. The van der Waals surface area contributed by atoms with Gasteiger partial charge in [-0.05, 0) is 129 Å². The second-order valence-electron chi connectivity index (χ2n) is 19.7. The average molecular weight is 1100 g/mol. The van der Waals surface area contributed by atoms with Crippen molar-refractivity contribution in [3.8, 4) is 56.0 Å². The van der Waals surface area contributed by atoms with E-state index in [1.54, 1.807) is 55.1 Å². The Hall–Kier alpha value is -9.00. The Balaban J connectivity index is 1.23. The molecule has 1 saturated heterocycles. The molecule has 0 spiro atoms. The van der Waals surface area contributed by atoms with Crippen LogP contribution in [0.25, 0.3) is 90.9 Å². The predicted molar refractivity (Wildman–Crippen MR) is 314 cm³/mol. The molecule has 7 aromatic rings. The van der Waals surface area contributed by atoms with Crippen LogP contribution < -0.4 is 14.8 Å². The molecule has 0 saturated carbocycles. The van der Waals surface area contributed by atoms with Gasteiger partial charge in [0.1, 0.15) is 11.5 Å². The standard InChI is InChI=1S/C65H62N6O11/c1-3-79-62(72)43-17-13-41(14-18-43)58-48-21-25-52(67-48)60-46-9-5-7-11-56(46)81-64(74)45-29-31-66-32-36-77-37-33-71(34-38-78-40-39-76-35-30-45)65(75)82-57-12-8-6-10-47(57)61(54-27-23-50(58)69-54)55-28-24-51(70-55)59(49-22-26-53(60)68-49)42-15-19-44(20-16-42)63(73)80-4-2/h5-28,45,66-67,70H,3-4,29-40H2,1-2H3. The van der Waals surface area contributed by atoms with E-state index in [1.165, 1.54) is 0 Å². The van der Waals surface area contributed by atoms with Gasteiger partial charge in [0.25, 0.3) is 0 Å². The van der Waals surface area contributed by atoms with Crippen molar-refractivity contribution in [2.75, 3.05) is 79.0 Å². The zero-order valence-electron chi connectivity index (χ0n) is 45.7. The Kier molecular flexibility index (Phi) is 17.2. The van der Waals surface area contributed by atoms with Crippen molar-refractivity contribution in [1.29, 1.82) is 0 Å². The van der Waals surface area contributed by atoms with E-state index in [4.69, 9.17) is 43.1 Å². The van der Waals surface area contributed by atoms with E-state index in [-0.39, 0.29) is 65.1 Å². The SMILES string of the molecule is CCOC(=O)c1ccc(-c2c3nc(c4c5ccc([nH]5)c(-c5ccc(C(=O)OCC)cc5)c5nc(c(c6ccc2[nH]6)-c2ccccc2OC(=O)C2CCNCCOCCN(CCOCCOCC2)C(=O)Oc2ccccc2-4)C=C5)C=C3)cc1. The largest absolute Gasteiger partial charge is 0.462 e. The van der Waals surface area contributed by atoms with Gasteiger partial charge in [0, 0.05) is 81.7 Å². The van der Waals surface area contributed by atoms with Crippen molar-refractivity contribution in [3.05, 3.63) is 155 Å². The monoisotopic (exact) mass is 1100 g/mol. The summed E-state index contributed by atoms with van der Waals surface area (Å²) < 4.78 is 41.8. The lowest BCUT2D eigenvalue weighted by atomic mass is 10.0. The number of amides is 1. The van der Waals surface area contributed by atoms with Crippen molar-refractivity contribution in [2.45, 2.75) is 26.7 Å². The molecule has 1 atom stereocenters. The van der Waals surface area contributed by atoms with Crippen LogP contribution in [-0.2, 0) is 28.5 Å². The molecule has 14 rings (SSSR count). The molecule has 0 radical (unpaired) electrons. The zero-order chi connectivity index (χ0) is 56.4. The predicted octanol–water partition coefficient (Wildman–Crippen LogP) is 11.4. The quantitative estimate of drug-likeness (QED) is 0.105. The first-order chi connectivity index (χ1) is 40.2. The summed E-state index contributed by atoms with van der Waals surface area (Å²) in [5.41, 5.74) is 11.0. The highest BCUT2D eigenvalue weighted by Gasteiger charge is 2.27. The van der Waals surface area contributed by atoms with Crippen LogP contribution in [0.3, 0.4) is 0 Å². The summed E-state index contributed by atoms with van der Waals surface area (Å²) in [5, 5.41) is 3.42. The Morgan fingerprint density at radius 3 is 1.48 bits per heavy atom. The number of carbonyl (C=O) groups is 4. The molecule has 1 fully saturated rings. The number of H-pyrrole nitrogens is 2. The second kappa shape index (κ2) is 25.6. The molecule has 3 N–H and O–H groups in total. The van der Waals surface area contributed by atoms with Gasteiger partial charge in [-0.3, -0.25) is 4.79 Å². The minimum atomic E-state index is -0.599. The summed E-state index contributed by atoms with van der Waals surface area (Å²) in [6.45, 7) is 7.06. The van der Waals surface area contributed by atoms with Crippen LogP contribution in [0.15, 0.2) is 121 Å². The summed E-state index contributed by atoms with van der Waals surface area (Å²) in [4.78, 5) is 75.2. The van der Waals surface area contributed by atoms with Gasteiger partial charge in [-0.15, -0.1) is 0 Å². The van der Waals surface area contributed by atoms with Crippen molar-refractivity contribution >= 4 is 70.4 Å². The first kappa shape index (κ1) is 54.9. The fourth-order valence-electron chi connectivity index (χ4n) is 10.4. The van der Waals surface area contributed by atoms with Gasteiger partial charge < -0.3 is 53.3 Å². The van der Waals surface area contributed by atoms with Gasteiger partial charge in [-0.25, -0.2) is 24.4 Å². The maximum Gasteiger partial charge on any atom is 0.415 e. The lowest BCUT2D eigenvalue weighted by Crippen LogP contribution is -2.39. The minimum absolute atomic E-state index is 0.203. The number of carbonyl (C=O) groups excluding carboxylic acids is 4. The summed E-state index contributed by atoms with van der Waals surface area (Å²) in [6, 6.07) is 37.1. The van der Waals surface area contributed by atoms with E-state index >= 15 is 0 Å². The van der Waals surface area contributed by atoms with Crippen molar-refractivity contribution in [3.63, 3.8) is 0 Å². The third-order valence-electron chi connectivity index (χ3n) is 14.5. The number of aromatic nitrogens is 4. The molecule has 17 heteroatoms. The molecule has 7 aliphatic heterocycles. The fourth-order valence-corrected chi connectivity index (χ4v) is 10.4. The number of para-hydroxylation sites is 2. The summed E-state index contributed by atoms with van der Waals surface area (Å²) in [7, 11) is 0. The van der Waals surface area contributed by atoms with E-state index in [2.05, 4.69) is 15.3 Å². The van der Waals surface area contributed by atoms with E-state index in [9.17, 15) is 19.2 Å². The third-order valence-corrected chi connectivity index (χ3v) is 14.5. The fraction of sp³-hybridized carbons (Fsp3) is 0.262. The van der Waals surface area contributed by atoms with E-state index in [0.29, 0.717) is 128 Å². The molecule has 1 unspecified atom stereocenters. The Labute approximate surface area is 473 Å². The van der Waals surface area contributed by atoms with Crippen LogP contribution in [0.1, 0.15) is 70.2 Å². The number of esters is 3. The summed E-state index contributed by atoms with van der Waals surface area (Å²) >= 11 is 0. The number of aromatic amines is 2. The van der Waals surface area contributed by atoms with Crippen LogP contribution in [0.4, 0.5) is 4.79 Å². The molecule has 418 valence electrons. The summed E-state index contributed by atoms with van der Waals surface area (Å²) in [6.07, 6.45) is 8.01. The number of benzene rings is 4. The minimum Gasteiger partial charge on any atom is -0.462 e. The van der Waals surface area contributed by atoms with E-state index < -0.39 is 29.9 Å². The molecule has 0 aliphatic carbocycles. The highest BCUT2D eigenvalue weighted by atomic mass is 16.6. The van der Waals surface area contributed by atoms with Crippen molar-refractivity contribution in [2.24, 2.45) is 5.92 Å². The summed E-state index contributed by atoms with van der Waals surface area (Å²) in [5.74, 6) is -1.22. The van der Waals surface area contributed by atoms with Gasteiger partial charge in [0.2, 0.25) is 0 Å². The molecule has 82 heavy (non-hydrogen) atoms. The Morgan fingerprint density at radius 2 is 0.963 bits per heavy atom. The second-order valence-corrected chi connectivity index (χ2v) is 19.7. The van der Waals surface area contributed by atoms with E-state index in [0.717, 1.165) is 11.1 Å². The van der Waals surface area contributed by atoms with Gasteiger partial charge in [-0.2, -0.15) is 0 Å². The van der Waals surface area contributed by atoms with Gasteiger partial charge in [-0.1, -0.05) is 60.7 Å². The first-order valence-electron chi connectivity index (χ1n) is 27.8. The average Bonchev–Trinajstić information content (AvgIpc) is 4.27. The number of hydrogen-bond acceptors (Lipinski definition) is 14. The number of hydrogen-bond donors (Lipinski definition) is 3. The Bertz CT molecular complexity index is 3490. The number of nitrogens with one attached hydrogen (secondary N) is 3. The normalized spacial score (nSPS) is 16.3. The van der Waals surface area contributed by atoms with Gasteiger partial charge in [0.05, 0.1) is 86.1 Å². The smallest absolute Gasteiger partial charge is 0.415 e. The lowest BCUT2D eigenvalue weighted by molar-refractivity contribution is -0.139.